The Hall–Kier alpha value is -0.740. The van der Waals surface area contributed by atoms with Gasteiger partial charge in [0.25, 0.3) is 0 Å². The molecule has 0 fully saturated rings. The Kier molecular flexibility index (Phi) is 4.76. The second-order valence-electron chi connectivity index (χ2n) is 2.64. The largest absolute Gasteiger partial charge is 0.497 e. The molecular formula is C10H13BrO3. The van der Waals surface area contributed by atoms with E-state index < -0.39 is 0 Å². The van der Waals surface area contributed by atoms with E-state index in [1.807, 2.05) is 18.2 Å². The number of ether oxygens (including phenoxy) is 3. The van der Waals surface area contributed by atoms with Crippen molar-refractivity contribution in [3.63, 3.8) is 0 Å². The van der Waals surface area contributed by atoms with Crippen molar-refractivity contribution in [2.75, 3.05) is 27.4 Å². The lowest BCUT2D eigenvalue weighted by Gasteiger charge is -2.08. The van der Waals surface area contributed by atoms with Crippen molar-refractivity contribution >= 4 is 15.9 Å². The molecule has 4 heteroatoms. The van der Waals surface area contributed by atoms with Crippen LogP contribution in [0.25, 0.3) is 0 Å². The van der Waals surface area contributed by atoms with Gasteiger partial charge >= 0.3 is 0 Å². The first-order valence-electron chi connectivity index (χ1n) is 4.23. The van der Waals surface area contributed by atoms with Crippen LogP contribution in [-0.4, -0.2) is 27.4 Å². The van der Waals surface area contributed by atoms with Crippen LogP contribution in [-0.2, 0) is 4.74 Å². The molecule has 1 rings (SSSR count). The topological polar surface area (TPSA) is 27.7 Å². The Morgan fingerprint density at radius 3 is 2.64 bits per heavy atom. The first kappa shape index (κ1) is 11.3. The molecule has 1 aromatic carbocycles. The van der Waals surface area contributed by atoms with Crippen LogP contribution in [0.15, 0.2) is 22.7 Å². The number of rotatable bonds is 5. The van der Waals surface area contributed by atoms with E-state index in [-0.39, 0.29) is 0 Å². The van der Waals surface area contributed by atoms with E-state index >= 15 is 0 Å². The van der Waals surface area contributed by atoms with Crippen LogP contribution < -0.4 is 9.47 Å². The Morgan fingerprint density at radius 1 is 1.21 bits per heavy atom. The third-order valence-electron chi connectivity index (χ3n) is 1.68. The molecule has 78 valence electrons. The molecule has 0 unspecified atom stereocenters. The molecule has 0 saturated carbocycles. The van der Waals surface area contributed by atoms with Gasteiger partial charge in [-0.05, 0) is 28.1 Å². The fraction of sp³-hybridized carbons (Fsp3) is 0.400. The molecular weight excluding hydrogens is 248 g/mol. The lowest BCUT2D eigenvalue weighted by molar-refractivity contribution is 0.145. The van der Waals surface area contributed by atoms with Crippen molar-refractivity contribution in [1.82, 2.24) is 0 Å². The molecule has 14 heavy (non-hydrogen) atoms. The van der Waals surface area contributed by atoms with Crippen molar-refractivity contribution in [2.24, 2.45) is 0 Å². The molecule has 0 bridgehead atoms. The fourth-order valence-corrected chi connectivity index (χ4v) is 1.32. The Morgan fingerprint density at radius 2 is 2.00 bits per heavy atom. The standard InChI is InChI=1S/C10H13BrO3/c1-12-5-6-14-10-7-8(13-2)3-4-9(10)11/h3-4,7H,5-6H2,1-2H3. The van der Waals surface area contributed by atoms with Crippen LogP contribution in [0.3, 0.4) is 0 Å². The van der Waals surface area contributed by atoms with Crippen LogP contribution in [0, 0.1) is 0 Å². The van der Waals surface area contributed by atoms with Crippen LogP contribution in [0.4, 0.5) is 0 Å². The number of halogens is 1. The summed E-state index contributed by atoms with van der Waals surface area (Å²) in [6, 6.07) is 5.59. The maximum atomic E-state index is 5.47. The van der Waals surface area contributed by atoms with Crippen molar-refractivity contribution in [2.45, 2.75) is 0 Å². The van der Waals surface area contributed by atoms with E-state index in [2.05, 4.69) is 15.9 Å². The van der Waals surface area contributed by atoms with E-state index in [4.69, 9.17) is 14.2 Å². The molecule has 0 heterocycles. The summed E-state index contributed by atoms with van der Waals surface area (Å²) in [4.78, 5) is 0. The van der Waals surface area contributed by atoms with Gasteiger partial charge in [-0.1, -0.05) is 0 Å². The Balaban J connectivity index is 2.64. The second-order valence-corrected chi connectivity index (χ2v) is 3.49. The summed E-state index contributed by atoms with van der Waals surface area (Å²) in [6.45, 7) is 1.10. The molecule has 0 spiro atoms. The van der Waals surface area contributed by atoms with Gasteiger partial charge in [-0.2, -0.15) is 0 Å². The molecule has 0 aliphatic rings. The van der Waals surface area contributed by atoms with E-state index in [0.717, 1.165) is 16.0 Å². The lowest BCUT2D eigenvalue weighted by atomic mass is 10.3. The van der Waals surface area contributed by atoms with Crippen LogP contribution in [0.2, 0.25) is 0 Å². The van der Waals surface area contributed by atoms with Gasteiger partial charge in [-0.25, -0.2) is 0 Å². The highest BCUT2D eigenvalue weighted by Gasteiger charge is 2.02. The van der Waals surface area contributed by atoms with Crippen LogP contribution >= 0.6 is 15.9 Å². The normalized spacial score (nSPS) is 9.93. The van der Waals surface area contributed by atoms with Gasteiger partial charge in [0.15, 0.2) is 0 Å². The maximum absolute atomic E-state index is 5.47. The third-order valence-corrected chi connectivity index (χ3v) is 2.34. The highest BCUT2D eigenvalue weighted by atomic mass is 79.9. The predicted octanol–water partition coefficient (Wildman–Crippen LogP) is 2.48. The van der Waals surface area contributed by atoms with Gasteiger partial charge < -0.3 is 14.2 Å². The maximum Gasteiger partial charge on any atom is 0.137 e. The number of hydrogen-bond donors (Lipinski definition) is 0. The minimum absolute atomic E-state index is 0.530. The van der Waals surface area contributed by atoms with Crippen LogP contribution in [0.1, 0.15) is 0 Å². The van der Waals surface area contributed by atoms with Gasteiger partial charge in [0.2, 0.25) is 0 Å². The zero-order valence-electron chi connectivity index (χ0n) is 8.25. The second kappa shape index (κ2) is 5.88. The molecule has 0 N–H and O–H groups in total. The zero-order chi connectivity index (χ0) is 10.4. The average Bonchev–Trinajstić information content (AvgIpc) is 2.21. The van der Waals surface area contributed by atoms with Crippen LogP contribution in [0.5, 0.6) is 11.5 Å². The average molecular weight is 261 g/mol. The summed E-state index contributed by atoms with van der Waals surface area (Å²) >= 11 is 3.39. The van der Waals surface area contributed by atoms with Gasteiger partial charge in [0.1, 0.15) is 18.1 Å². The monoisotopic (exact) mass is 260 g/mol. The summed E-state index contributed by atoms with van der Waals surface area (Å²) in [5.41, 5.74) is 0. The SMILES string of the molecule is COCCOc1cc(OC)ccc1Br. The van der Waals surface area contributed by atoms with Crippen molar-refractivity contribution < 1.29 is 14.2 Å². The minimum atomic E-state index is 0.530. The number of methoxy groups -OCH3 is 2. The van der Waals surface area contributed by atoms with Crippen molar-refractivity contribution in [3.05, 3.63) is 22.7 Å². The molecule has 0 aliphatic heterocycles. The van der Waals surface area contributed by atoms with Crippen molar-refractivity contribution in [1.29, 1.82) is 0 Å². The molecule has 1 aromatic rings. The zero-order valence-corrected chi connectivity index (χ0v) is 9.83. The van der Waals surface area contributed by atoms with E-state index in [1.165, 1.54) is 0 Å². The summed E-state index contributed by atoms with van der Waals surface area (Å²) in [7, 11) is 3.27. The molecule has 0 aliphatic carbocycles. The fourth-order valence-electron chi connectivity index (χ4n) is 0.956. The Labute approximate surface area is 92.1 Å². The third kappa shape index (κ3) is 3.20. The molecule has 0 atom stereocenters. The number of hydrogen-bond acceptors (Lipinski definition) is 3. The van der Waals surface area contributed by atoms with Crippen molar-refractivity contribution in [3.8, 4) is 11.5 Å². The smallest absolute Gasteiger partial charge is 0.137 e. The predicted molar refractivity (Wildman–Crippen MR) is 58.1 cm³/mol. The van der Waals surface area contributed by atoms with Gasteiger partial charge in [-0.15, -0.1) is 0 Å². The summed E-state index contributed by atoms with van der Waals surface area (Å²) in [5.74, 6) is 1.54. The molecule has 0 amide bonds. The molecule has 0 aromatic heterocycles. The quantitative estimate of drug-likeness (QED) is 0.762. The highest BCUT2D eigenvalue weighted by Crippen LogP contribution is 2.29. The van der Waals surface area contributed by atoms with Gasteiger partial charge in [0.05, 0.1) is 18.2 Å². The first-order chi connectivity index (χ1) is 6.77. The minimum Gasteiger partial charge on any atom is -0.497 e. The summed E-state index contributed by atoms with van der Waals surface area (Å²) < 4.78 is 16.4. The van der Waals surface area contributed by atoms with E-state index in [9.17, 15) is 0 Å². The Bertz CT molecular complexity index is 289. The summed E-state index contributed by atoms with van der Waals surface area (Å²) in [5, 5.41) is 0. The van der Waals surface area contributed by atoms with Gasteiger partial charge in [0, 0.05) is 13.2 Å². The molecule has 0 saturated heterocycles. The van der Waals surface area contributed by atoms with Gasteiger partial charge in [-0.3, -0.25) is 0 Å². The first-order valence-corrected chi connectivity index (χ1v) is 5.02. The number of benzene rings is 1. The lowest BCUT2D eigenvalue weighted by Crippen LogP contribution is -2.04. The molecule has 3 nitrogen and oxygen atoms in total. The van der Waals surface area contributed by atoms with E-state index in [1.54, 1.807) is 14.2 Å². The highest BCUT2D eigenvalue weighted by molar-refractivity contribution is 9.10. The van der Waals surface area contributed by atoms with E-state index in [0.29, 0.717) is 13.2 Å². The molecule has 0 radical (unpaired) electrons. The summed E-state index contributed by atoms with van der Waals surface area (Å²) in [6.07, 6.45) is 0.